The molecule has 3 amide bonds. The summed E-state index contributed by atoms with van der Waals surface area (Å²) in [6.45, 7) is 5.72. The average Bonchev–Trinajstić information content (AvgIpc) is 3.67. The number of aromatic nitrogens is 2. The normalized spacial score (nSPS) is 16.1. The van der Waals surface area contributed by atoms with Crippen LogP contribution in [0.3, 0.4) is 0 Å². The van der Waals surface area contributed by atoms with E-state index in [1.165, 1.54) is 10.5 Å². The van der Waals surface area contributed by atoms with Crippen molar-refractivity contribution in [3.8, 4) is 11.5 Å². The maximum Gasteiger partial charge on any atom is 0.287 e. The van der Waals surface area contributed by atoms with E-state index >= 15 is 0 Å². The second kappa shape index (κ2) is 14.3. The lowest BCUT2D eigenvalue weighted by Crippen LogP contribution is -2.47. The number of imide groups is 1. The van der Waals surface area contributed by atoms with Crippen molar-refractivity contribution >= 4 is 23.4 Å². The molecule has 1 N–H and O–H groups in total. The molecule has 1 fully saturated rings. The smallest absolute Gasteiger partial charge is 0.287 e. The van der Waals surface area contributed by atoms with Crippen molar-refractivity contribution in [2.75, 3.05) is 51.8 Å². The fourth-order valence-corrected chi connectivity index (χ4v) is 6.79. The van der Waals surface area contributed by atoms with Gasteiger partial charge in [0.2, 0.25) is 0 Å². The van der Waals surface area contributed by atoms with Crippen LogP contribution in [0.4, 0.5) is 5.69 Å². The molecule has 0 spiro atoms. The number of nitrogens with zero attached hydrogens (tertiary/aromatic N) is 5. The van der Waals surface area contributed by atoms with Crippen LogP contribution in [0.1, 0.15) is 74.3 Å². The van der Waals surface area contributed by atoms with Gasteiger partial charge in [-0.15, -0.1) is 0 Å². The number of carbonyl (C=O) groups is 3. The van der Waals surface area contributed by atoms with Crippen molar-refractivity contribution < 1.29 is 23.9 Å². The maximum atomic E-state index is 14.4. The molecule has 1 aromatic heterocycles. The van der Waals surface area contributed by atoms with Crippen molar-refractivity contribution in [3.63, 3.8) is 0 Å². The Morgan fingerprint density at radius 3 is 2.33 bits per heavy atom. The SMILES string of the molecule is COc1ccc([C@@H](CCCNC(=O)c2nccn2C)N2C(=O)c3cccc(N4CCN(C(C)c5ccccc5)CC4)c3C2=O)cc1OC. The number of ether oxygens (including phenoxy) is 2. The molecule has 6 rings (SSSR count). The lowest BCUT2D eigenvalue weighted by atomic mass is 9.99. The zero-order valence-electron chi connectivity index (χ0n) is 27.9. The molecule has 1 saturated heterocycles. The van der Waals surface area contributed by atoms with Gasteiger partial charge in [-0.2, -0.15) is 0 Å². The highest BCUT2D eigenvalue weighted by molar-refractivity contribution is 6.24. The molecule has 1 unspecified atom stereocenters. The Bertz CT molecular complexity index is 1780. The van der Waals surface area contributed by atoms with E-state index in [1.807, 2.05) is 30.3 Å². The number of benzene rings is 3. The minimum atomic E-state index is -0.598. The van der Waals surface area contributed by atoms with E-state index in [0.29, 0.717) is 47.8 Å². The summed E-state index contributed by atoms with van der Waals surface area (Å²) in [5.74, 6) is 0.437. The molecule has 48 heavy (non-hydrogen) atoms. The first-order valence-corrected chi connectivity index (χ1v) is 16.3. The molecule has 3 aromatic carbocycles. The van der Waals surface area contributed by atoms with Gasteiger partial charge in [-0.1, -0.05) is 42.5 Å². The van der Waals surface area contributed by atoms with Crippen LogP contribution in [0.2, 0.25) is 0 Å². The Kier molecular flexibility index (Phi) is 9.77. The van der Waals surface area contributed by atoms with Crippen LogP contribution in [-0.4, -0.2) is 84.0 Å². The quantitative estimate of drug-likeness (QED) is 0.171. The second-order valence-electron chi connectivity index (χ2n) is 12.2. The van der Waals surface area contributed by atoms with Crippen LogP contribution in [-0.2, 0) is 7.05 Å². The molecule has 11 heteroatoms. The third-order valence-electron chi connectivity index (χ3n) is 9.48. The van der Waals surface area contributed by atoms with E-state index in [1.54, 1.807) is 50.4 Å². The van der Waals surface area contributed by atoms with Crippen LogP contribution in [0.25, 0.3) is 0 Å². The largest absolute Gasteiger partial charge is 0.493 e. The Labute approximate surface area is 281 Å². The van der Waals surface area contributed by atoms with Crippen LogP contribution in [0, 0.1) is 0 Å². The monoisotopic (exact) mass is 650 g/mol. The number of hydrogen-bond acceptors (Lipinski definition) is 8. The lowest BCUT2D eigenvalue weighted by molar-refractivity contribution is 0.0570. The summed E-state index contributed by atoms with van der Waals surface area (Å²) in [7, 11) is 4.88. The molecule has 0 radical (unpaired) electrons. The summed E-state index contributed by atoms with van der Waals surface area (Å²) in [6, 6.07) is 21.2. The van der Waals surface area contributed by atoms with Crippen LogP contribution >= 0.6 is 0 Å². The number of imidazole rings is 1. The van der Waals surface area contributed by atoms with E-state index in [0.717, 1.165) is 37.4 Å². The number of methoxy groups -OCH3 is 2. The lowest BCUT2D eigenvalue weighted by Gasteiger charge is -2.39. The van der Waals surface area contributed by atoms with Gasteiger partial charge in [0.05, 0.1) is 37.1 Å². The average molecular weight is 651 g/mol. The van der Waals surface area contributed by atoms with E-state index in [4.69, 9.17) is 9.47 Å². The third kappa shape index (κ3) is 6.37. The molecule has 11 nitrogen and oxygen atoms in total. The standard InChI is InChI=1S/C37H42N6O5/c1-25(26-10-6-5-7-11-26)41-20-22-42(23-21-41)30-13-8-12-28-33(30)37(46)43(36(28)45)29(27-15-16-31(47-3)32(24-27)48-4)14-9-17-39-35(44)34-38-18-19-40(34)2/h5-8,10-13,15-16,18-19,24-25,29H,9,14,17,20-23H2,1-4H3,(H,39,44)/t25?,29-/m1/s1. The number of piperazine rings is 1. The van der Waals surface area contributed by atoms with Gasteiger partial charge in [0, 0.05) is 58.2 Å². The van der Waals surface area contributed by atoms with Crippen LogP contribution in [0.5, 0.6) is 11.5 Å². The molecule has 0 aliphatic carbocycles. The fourth-order valence-electron chi connectivity index (χ4n) is 6.79. The number of carbonyl (C=O) groups excluding carboxylic acids is 3. The van der Waals surface area contributed by atoms with Gasteiger partial charge >= 0.3 is 0 Å². The summed E-state index contributed by atoms with van der Waals surface area (Å²) in [6.07, 6.45) is 4.22. The third-order valence-corrected chi connectivity index (χ3v) is 9.48. The van der Waals surface area contributed by atoms with Crippen LogP contribution < -0.4 is 19.7 Å². The molecule has 250 valence electrons. The highest BCUT2D eigenvalue weighted by atomic mass is 16.5. The molecule has 4 aromatic rings. The Morgan fingerprint density at radius 1 is 0.896 bits per heavy atom. The number of nitrogens with one attached hydrogen (secondary N) is 1. The molecule has 2 aliphatic heterocycles. The topological polar surface area (TPSA) is 109 Å². The number of amides is 3. The maximum absolute atomic E-state index is 14.4. The molecule has 0 bridgehead atoms. The number of rotatable bonds is 12. The summed E-state index contributed by atoms with van der Waals surface area (Å²) in [5, 5.41) is 2.91. The van der Waals surface area contributed by atoms with Crippen molar-refractivity contribution in [2.45, 2.75) is 31.8 Å². The summed E-state index contributed by atoms with van der Waals surface area (Å²) in [5.41, 5.74) is 3.66. The Balaban J connectivity index is 1.23. The van der Waals surface area contributed by atoms with Gasteiger partial charge in [0.15, 0.2) is 17.3 Å². The zero-order chi connectivity index (χ0) is 33.8. The van der Waals surface area contributed by atoms with E-state index in [-0.39, 0.29) is 23.8 Å². The number of hydrogen-bond donors (Lipinski definition) is 1. The first-order chi connectivity index (χ1) is 23.3. The summed E-state index contributed by atoms with van der Waals surface area (Å²) >= 11 is 0. The van der Waals surface area contributed by atoms with Crippen molar-refractivity contribution in [2.24, 2.45) is 7.05 Å². The second-order valence-corrected chi connectivity index (χ2v) is 12.2. The highest BCUT2D eigenvalue weighted by Crippen LogP contribution is 2.40. The first-order valence-electron chi connectivity index (χ1n) is 16.3. The molecular weight excluding hydrogens is 608 g/mol. The van der Waals surface area contributed by atoms with Gasteiger partial charge in [-0.05, 0) is 55.2 Å². The molecule has 2 aliphatic rings. The van der Waals surface area contributed by atoms with Crippen molar-refractivity contribution in [3.05, 3.63) is 107 Å². The van der Waals surface area contributed by atoms with E-state index < -0.39 is 6.04 Å². The Morgan fingerprint density at radius 2 is 1.65 bits per heavy atom. The summed E-state index contributed by atoms with van der Waals surface area (Å²) < 4.78 is 12.7. The Hall–Kier alpha value is -5.16. The highest BCUT2D eigenvalue weighted by Gasteiger charge is 2.43. The van der Waals surface area contributed by atoms with Gasteiger partial charge < -0.3 is 24.3 Å². The molecule has 0 saturated carbocycles. The van der Waals surface area contributed by atoms with Crippen molar-refractivity contribution in [1.29, 1.82) is 0 Å². The number of fused-ring (bicyclic) bond motifs is 1. The molecular formula is C37H42N6O5. The predicted octanol–water partition coefficient (Wildman–Crippen LogP) is 4.87. The predicted molar refractivity (Wildman–Crippen MR) is 183 cm³/mol. The molecule has 2 atom stereocenters. The zero-order valence-corrected chi connectivity index (χ0v) is 27.9. The summed E-state index contributed by atoms with van der Waals surface area (Å²) in [4.78, 5) is 51.3. The number of aryl methyl sites for hydroxylation is 1. The van der Waals surface area contributed by atoms with Gasteiger partial charge in [0.25, 0.3) is 17.7 Å². The molecule has 3 heterocycles. The van der Waals surface area contributed by atoms with E-state index in [9.17, 15) is 14.4 Å². The minimum Gasteiger partial charge on any atom is -0.493 e. The van der Waals surface area contributed by atoms with Gasteiger partial charge in [-0.3, -0.25) is 24.2 Å². The van der Waals surface area contributed by atoms with Crippen LogP contribution in [0.15, 0.2) is 79.1 Å². The van der Waals surface area contributed by atoms with E-state index in [2.05, 4.69) is 51.3 Å². The first kappa shape index (κ1) is 32.8. The van der Waals surface area contributed by atoms with Gasteiger partial charge in [0.1, 0.15) is 0 Å². The van der Waals surface area contributed by atoms with Gasteiger partial charge in [-0.25, -0.2) is 4.98 Å². The minimum absolute atomic E-state index is 0.282. The fraction of sp³-hybridized carbons (Fsp3) is 0.351. The van der Waals surface area contributed by atoms with Crippen molar-refractivity contribution in [1.82, 2.24) is 24.7 Å². The number of anilines is 1.